The van der Waals surface area contributed by atoms with E-state index in [-0.39, 0.29) is 5.15 Å². The molecule has 29 heavy (non-hydrogen) atoms. The van der Waals surface area contributed by atoms with Crippen LogP contribution in [0.1, 0.15) is 5.56 Å². The summed E-state index contributed by atoms with van der Waals surface area (Å²) in [5, 5.41) is 9.37. The highest BCUT2D eigenvalue weighted by atomic mass is 35.5. The lowest BCUT2D eigenvalue weighted by Crippen LogP contribution is -2.32. The summed E-state index contributed by atoms with van der Waals surface area (Å²) in [6.45, 7) is 0. The van der Waals surface area contributed by atoms with Gasteiger partial charge >= 0.3 is 11.8 Å². The fourth-order valence-electron chi connectivity index (χ4n) is 2.92. The van der Waals surface area contributed by atoms with E-state index in [1.807, 2.05) is 60.7 Å². The number of rotatable bonds is 3. The number of hydrogen-bond donors (Lipinski definition) is 2. The maximum Gasteiger partial charge on any atom is 0.329 e. The molecule has 0 aliphatic rings. The molecular formula is C22H15ClN4O2. The Morgan fingerprint density at radius 3 is 2.48 bits per heavy atom. The Balaban J connectivity index is 1.45. The molecule has 7 heteroatoms. The molecular weight excluding hydrogens is 388 g/mol. The monoisotopic (exact) mass is 402 g/mol. The minimum atomic E-state index is -0.890. The van der Waals surface area contributed by atoms with E-state index >= 15 is 0 Å². The van der Waals surface area contributed by atoms with E-state index in [4.69, 9.17) is 11.6 Å². The molecule has 1 heterocycles. The van der Waals surface area contributed by atoms with Gasteiger partial charge in [-0.05, 0) is 23.6 Å². The molecule has 142 valence electrons. The molecule has 2 amide bonds. The predicted molar refractivity (Wildman–Crippen MR) is 115 cm³/mol. The molecule has 0 radical (unpaired) electrons. The number of nitrogens with one attached hydrogen (secondary N) is 2. The number of amides is 2. The van der Waals surface area contributed by atoms with Crippen LogP contribution in [0.15, 0.2) is 77.9 Å². The van der Waals surface area contributed by atoms with Gasteiger partial charge in [0.15, 0.2) is 0 Å². The van der Waals surface area contributed by atoms with Crippen LogP contribution in [0.2, 0.25) is 5.15 Å². The average Bonchev–Trinajstić information content (AvgIpc) is 2.74. The van der Waals surface area contributed by atoms with Crippen LogP contribution in [0.5, 0.6) is 0 Å². The van der Waals surface area contributed by atoms with E-state index in [0.29, 0.717) is 11.3 Å². The van der Waals surface area contributed by atoms with Crippen molar-refractivity contribution in [2.45, 2.75) is 0 Å². The van der Waals surface area contributed by atoms with Gasteiger partial charge in [0.2, 0.25) is 0 Å². The molecule has 1 aromatic heterocycles. The number of hydrazone groups is 1. The third kappa shape index (κ3) is 4.07. The molecule has 0 unspecified atom stereocenters. The normalized spacial score (nSPS) is 11.1. The highest BCUT2D eigenvalue weighted by Gasteiger charge is 2.14. The standard InChI is InChI=1S/C22H15ClN4O2/c23-20-16(12-15-7-2-4-10-18(15)25-20)13-24-27-22(29)21(28)26-19-11-5-8-14-6-1-3-9-17(14)19/h1-13H,(H,26,28)(H,27,29)/b24-13+. The van der Waals surface area contributed by atoms with Crippen molar-refractivity contribution in [2.75, 3.05) is 5.32 Å². The first-order chi connectivity index (χ1) is 14.1. The maximum absolute atomic E-state index is 12.2. The maximum atomic E-state index is 12.2. The van der Waals surface area contributed by atoms with Crippen molar-refractivity contribution in [1.82, 2.24) is 10.4 Å². The lowest BCUT2D eigenvalue weighted by atomic mass is 10.1. The van der Waals surface area contributed by atoms with Crippen LogP contribution in [0.3, 0.4) is 0 Å². The number of hydrogen-bond acceptors (Lipinski definition) is 4. The minimum Gasteiger partial charge on any atom is -0.317 e. The lowest BCUT2D eigenvalue weighted by Gasteiger charge is -2.07. The number of aromatic nitrogens is 1. The lowest BCUT2D eigenvalue weighted by molar-refractivity contribution is -0.136. The van der Waals surface area contributed by atoms with Gasteiger partial charge in [0.05, 0.1) is 11.7 Å². The number of anilines is 1. The number of carbonyl (C=O) groups excluding carboxylic acids is 2. The third-order valence-electron chi connectivity index (χ3n) is 4.32. The predicted octanol–water partition coefficient (Wildman–Crippen LogP) is 4.13. The van der Waals surface area contributed by atoms with Crippen LogP contribution >= 0.6 is 11.6 Å². The zero-order valence-electron chi connectivity index (χ0n) is 15.1. The Morgan fingerprint density at radius 2 is 1.62 bits per heavy atom. The SMILES string of the molecule is O=C(N/N=C/c1cc2ccccc2nc1Cl)C(=O)Nc1cccc2ccccc12. The zero-order valence-corrected chi connectivity index (χ0v) is 15.9. The van der Waals surface area contributed by atoms with E-state index < -0.39 is 11.8 Å². The van der Waals surface area contributed by atoms with Crippen molar-refractivity contribution < 1.29 is 9.59 Å². The summed E-state index contributed by atoms with van der Waals surface area (Å²) in [5.41, 5.74) is 4.04. The van der Waals surface area contributed by atoms with Crippen molar-refractivity contribution in [3.05, 3.63) is 83.5 Å². The molecule has 6 nitrogen and oxygen atoms in total. The van der Waals surface area contributed by atoms with Crippen LogP contribution < -0.4 is 10.7 Å². The fourth-order valence-corrected chi connectivity index (χ4v) is 3.12. The summed E-state index contributed by atoms with van der Waals surface area (Å²) in [6, 6.07) is 22.3. The first-order valence-corrected chi connectivity index (χ1v) is 9.17. The van der Waals surface area contributed by atoms with Gasteiger partial charge in [-0.15, -0.1) is 0 Å². The van der Waals surface area contributed by atoms with Gasteiger partial charge in [0.25, 0.3) is 0 Å². The summed E-state index contributed by atoms with van der Waals surface area (Å²) in [6.07, 6.45) is 1.35. The van der Waals surface area contributed by atoms with E-state index in [0.717, 1.165) is 21.7 Å². The van der Waals surface area contributed by atoms with Gasteiger partial charge in [-0.25, -0.2) is 10.4 Å². The largest absolute Gasteiger partial charge is 0.329 e. The second kappa shape index (κ2) is 8.08. The minimum absolute atomic E-state index is 0.252. The topological polar surface area (TPSA) is 83.5 Å². The summed E-state index contributed by atoms with van der Waals surface area (Å²) in [7, 11) is 0. The van der Waals surface area contributed by atoms with Crippen LogP contribution in [-0.4, -0.2) is 23.0 Å². The Morgan fingerprint density at radius 1 is 0.897 bits per heavy atom. The molecule has 0 bridgehead atoms. The molecule has 0 saturated carbocycles. The number of benzene rings is 3. The quantitative estimate of drug-likeness (QED) is 0.234. The summed E-state index contributed by atoms with van der Waals surface area (Å²) in [4.78, 5) is 28.6. The Hall–Kier alpha value is -3.77. The van der Waals surface area contributed by atoms with Crippen molar-refractivity contribution >= 4 is 57.0 Å². The summed E-state index contributed by atoms with van der Waals surface area (Å²) < 4.78 is 0. The molecule has 4 aromatic rings. The first-order valence-electron chi connectivity index (χ1n) is 8.79. The second-order valence-corrected chi connectivity index (χ2v) is 6.60. The van der Waals surface area contributed by atoms with Crippen molar-refractivity contribution in [3.63, 3.8) is 0 Å². The van der Waals surface area contributed by atoms with Gasteiger partial charge in [0.1, 0.15) is 5.15 Å². The molecule has 0 aliphatic carbocycles. The van der Waals surface area contributed by atoms with Crippen LogP contribution in [0.25, 0.3) is 21.7 Å². The molecule has 0 saturated heterocycles. The molecule has 2 N–H and O–H groups in total. The molecule has 0 aliphatic heterocycles. The van der Waals surface area contributed by atoms with Crippen molar-refractivity contribution in [3.8, 4) is 0 Å². The second-order valence-electron chi connectivity index (χ2n) is 6.24. The number of carbonyl (C=O) groups is 2. The Labute approximate surface area is 171 Å². The van der Waals surface area contributed by atoms with E-state index in [1.165, 1.54) is 6.21 Å². The Kier molecular flexibility index (Phi) is 5.18. The molecule has 3 aromatic carbocycles. The van der Waals surface area contributed by atoms with Gasteiger partial charge in [-0.3, -0.25) is 9.59 Å². The first kappa shape index (κ1) is 18.6. The fraction of sp³-hybridized carbons (Fsp3) is 0. The van der Waals surface area contributed by atoms with Gasteiger partial charge in [0, 0.05) is 22.0 Å². The van der Waals surface area contributed by atoms with E-state index in [1.54, 1.807) is 12.1 Å². The van der Waals surface area contributed by atoms with Crippen LogP contribution in [-0.2, 0) is 9.59 Å². The van der Waals surface area contributed by atoms with E-state index in [2.05, 4.69) is 20.8 Å². The van der Waals surface area contributed by atoms with Gasteiger partial charge in [-0.2, -0.15) is 5.10 Å². The molecule has 0 atom stereocenters. The summed E-state index contributed by atoms with van der Waals surface area (Å²) in [5.74, 6) is -1.71. The van der Waals surface area contributed by atoms with Crippen LogP contribution in [0.4, 0.5) is 5.69 Å². The molecule has 0 spiro atoms. The van der Waals surface area contributed by atoms with Crippen molar-refractivity contribution in [1.29, 1.82) is 0 Å². The Bertz CT molecular complexity index is 1260. The number of nitrogens with zero attached hydrogens (tertiary/aromatic N) is 2. The third-order valence-corrected chi connectivity index (χ3v) is 4.62. The number of halogens is 1. The average molecular weight is 403 g/mol. The van der Waals surface area contributed by atoms with Crippen molar-refractivity contribution in [2.24, 2.45) is 5.10 Å². The number of pyridine rings is 1. The molecule has 4 rings (SSSR count). The number of para-hydroxylation sites is 1. The zero-order chi connectivity index (χ0) is 20.2. The van der Waals surface area contributed by atoms with Gasteiger partial charge < -0.3 is 5.32 Å². The highest BCUT2D eigenvalue weighted by Crippen LogP contribution is 2.23. The smallest absolute Gasteiger partial charge is 0.317 e. The highest BCUT2D eigenvalue weighted by molar-refractivity contribution is 6.40. The van der Waals surface area contributed by atoms with E-state index in [9.17, 15) is 9.59 Å². The van der Waals surface area contributed by atoms with Crippen LogP contribution in [0, 0.1) is 0 Å². The van der Waals surface area contributed by atoms with Gasteiger partial charge in [-0.1, -0.05) is 66.2 Å². The number of fused-ring (bicyclic) bond motifs is 2. The summed E-state index contributed by atoms with van der Waals surface area (Å²) >= 11 is 6.15. The molecule has 0 fully saturated rings.